The van der Waals surface area contributed by atoms with Crippen molar-refractivity contribution < 1.29 is 33.3 Å². The van der Waals surface area contributed by atoms with Gasteiger partial charge in [0.05, 0.1) is 33.0 Å². The van der Waals surface area contributed by atoms with Gasteiger partial charge in [0.25, 0.3) is 0 Å². The molecule has 3 atom stereocenters. The number of nitrogens with zero attached hydrogens (tertiary/aromatic N) is 2. The molecule has 3 unspecified atom stereocenters. The zero-order valence-corrected chi connectivity index (χ0v) is 20.7. The number of methoxy groups -OCH3 is 2. The molecular formula is C25H38N2O7. The Hall–Kier alpha value is -2.52. The Bertz CT molecular complexity index is 817. The van der Waals surface area contributed by atoms with Gasteiger partial charge in [0.1, 0.15) is 6.10 Å². The number of carbonyl (C=O) groups excluding carboxylic acids is 2. The molecule has 0 aliphatic carbocycles. The van der Waals surface area contributed by atoms with Crippen LogP contribution in [0.4, 0.5) is 0 Å². The van der Waals surface area contributed by atoms with Gasteiger partial charge in [0, 0.05) is 33.1 Å². The number of ether oxygens (including phenoxy) is 5. The Kier molecular flexibility index (Phi) is 10.3. The largest absolute Gasteiger partial charge is 0.493 e. The maximum Gasteiger partial charge on any atom is 0.338 e. The van der Waals surface area contributed by atoms with E-state index in [0.717, 1.165) is 58.5 Å². The number of carbonyl (C=O) groups is 2. The van der Waals surface area contributed by atoms with Gasteiger partial charge in [-0.2, -0.15) is 0 Å². The average molecular weight is 479 g/mol. The maximum absolute atomic E-state index is 12.7. The number of rotatable bonds is 3. The van der Waals surface area contributed by atoms with Crippen LogP contribution in [0.3, 0.4) is 0 Å². The van der Waals surface area contributed by atoms with Crippen LogP contribution in [0.25, 0.3) is 0 Å². The molecule has 1 fully saturated rings. The summed E-state index contributed by atoms with van der Waals surface area (Å²) in [7, 11) is 3.05. The predicted molar refractivity (Wildman–Crippen MR) is 127 cm³/mol. The van der Waals surface area contributed by atoms with E-state index in [-0.39, 0.29) is 12.1 Å². The van der Waals surface area contributed by atoms with Crippen LogP contribution in [0.15, 0.2) is 12.1 Å². The minimum Gasteiger partial charge on any atom is -0.493 e. The summed E-state index contributed by atoms with van der Waals surface area (Å²) in [6.45, 7) is 8.03. The van der Waals surface area contributed by atoms with Crippen LogP contribution in [0, 0.1) is 0 Å². The van der Waals surface area contributed by atoms with E-state index in [4.69, 9.17) is 23.7 Å². The number of esters is 2. The van der Waals surface area contributed by atoms with Crippen molar-refractivity contribution in [2.24, 2.45) is 0 Å². The van der Waals surface area contributed by atoms with Crippen molar-refractivity contribution in [2.45, 2.75) is 45.1 Å². The van der Waals surface area contributed by atoms with Crippen molar-refractivity contribution >= 4 is 11.9 Å². The third-order valence-corrected chi connectivity index (χ3v) is 6.24. The molecule has 0 saturated carbocycles. The van der Waals surface area contributed by atoms with Gasteiger partial charge in [-0.3, -0.25) is 4.79 Å². The fourth-order valence-corrected chi connectivity index (χ4v) is 4.48. The lowest BCUT2D eigenvalue weighted by Gasteiger charge is -2.24. The Labute approximate surface area is 202 Å². The van der Waals surface area contributed by atoms with E-state index in [1.165, 1.54) is 21.1 Å². The molecule has 0 spiro atoms. The van der Waals surface area contributed by atoms with E-state index < -0.39 is 5.97 Å². The van der Waals surface area contributed by atoms with Crippen LogP contribution in [0.1, 0.15) is 49.4 Å². The van der Waals surface area contributed by atoms with Crippen LogP contribution < -0.4 is 14.2 Å². The van der Waals surface area contributed by atoms with Crippen molar-refractivity contribution in [1.82, 2.24) is 9.80 Å². The standard InChI is InChI=1S/C25H38N2O7/c1-19(28)34-21-7-4-15-32-23-18-20(17-22(30-2)24(23)31-3)25(29)33-16-6-11-26-9-5-10-27(12-8-21)14-13-26/h17-18,21H,4-16H2,1-3H3. The first-order valence-corrected chi connectivity index (χ1v) is 12.2. The van der Waals surface area contributed by atoms with Gasteiger partial charge in [-0.1, -0.05) is 0 Å². The summed E-state index contributed by atoms with van der Waals surface area (Å²) < 4.78 is 28.0. The van der Waals surface area contributed by atoms with Crippen molar-refractivity contribution in [1.29, 1.82) is 0 Å². The number of benzene rings is 1. The summed E-state index contributed by atoms with van der Waals surface area (Å²) in [6.07, 6.45) is 3.90. The predicted octanol–water partition coefficient (Wildman–Crippen LogP) is 2.75. The Morgan fingerprint density at radius 2 is 1.59 bits per heavy atom. The minimum atomic E-state index is -0.416. The zero-order chi connectivity index (χ0) is 24.3. The highest BCUT2D eigenvalue weighted by Crippen LogP contribution is 2.38. The van der Waals surface area contributed by atoms with Gasteiger partial charge in [0.15, 0.2) is 11.5 Å². The Balaban J connectivity index is 1.76. The monoisotopic (exact) mass is 478 g/mol. The summed E-state index contributed by atoms with van der Waals surface area (Å²) in [5.74, 6) is 0.575. The van der Waals surface area contributed by atoms with Crippen LogP contribution in [0.5, 0.6) is 17.2 Å². The molecule has 9 nitrogen and oxygen atoms in total. The molecule has 0 amide bonds. The summed E-state index contributed by atoms with van der Waals surface area (Å²) in [4.78, 5) is 29.2. The zero-order valence-electron chi connectivity index (χ0n) is 20.7. The molecule has 4 bridgehead atoms. The van der Waals surface area contributed by atoms with Crippen molar-refractivity contribution in [3.63, 3.8) is 0 Å². The highest BCUT2D eigenvalue weighted by Gasteiger charge is 2.21. The Morgan fingerprint density at radius 1 is 0.882 bits per heavy atom. The molecule has 3 rings (SSSR count). The van der Waals surface area contributed by atoms with E-state index in [0.29, 0.717) is 48.9 Å². The van der Waals surface area contributed by atoms with Gasteiger partial charge in [0.2, 0.25) is 5.75 Å². The molecule has 190 valence electrons. The molecule has 0 aromatic heterocycles. The van der Waals surface area contributed by atoms with E-state index >= 15 is 0 Å². The summed E-state index contributed by atoms with van der Waals surface area (Å²) in [5, 5.41) is 0. The lowest BCUT2D eigenvalue weighted by Crippen LogP contribution is -2.34. The smallest absolute Gasteiger partial charge is 0.338 e. The number of hydrogen-bond acceptors (Lipinski definition) is 9. The molecule has 2 aliphatic heterocycles. The van der Waals surface area contributed by atoms with E-state index in [1.807, 2.05) is 0 Å². The minimum absolute atomic E-state index is 0.153. The topological polar surface area (TPSA) is 86.8 Å². The van der Waals surface area contributed by atoms with Crippen molar-refractivity contribution in [3.05, 3.63) is 17.7 Å². The highest BCUT2D eigenvalue weighted by molar-refractivity contribution is 5.91. The third kappa shape index (κ3) is 7.77. The number of hydrogen-bond donors (Lipinski definition) is 0. The SMILES string of the molecule is COc1cc2cc(c1OC)OCCCC(OC(C)=O)CCN1CCCN(CCCOC2=O)CC1. The van der Waals surface area contributed by atoms with Gasteiger partial charge < -0.3 is 33.5 Å². The molecule has 1 aromatic carbocycles. The van der Waals surface area contributed by atoms with E-state index in [9.17, 15) is 9.59 Å². The molecule has 2 heterocycles. The molecule has 2 aliphatic rings. The maximum atomic E-state index is 12.7. The fourth-order valence-electron chi connectivity index (χ4n) is 4.48. The second-order valence-corrected chi connectivity index (χ2v) is 8.75. The second kappa shape index (κ2) is 13.4. The third-order valence-electron chi connectivity index (χ3n) is 6.24. The average Bonchev–Trinajstić information content (AvgIpc) is 3.06. The molecule has 34 heavy (non-hydrogen) atoms. The van der Waals surface area contributed by atoms with Crippen LogP contribution in [0.2, 0.25) is 0 Å². The first-order valence-electron chi connectivity index (χ1n) is 12.2. The normalized spacial score (nSPS) is 24.9. The first kappa shape index (κ1) is 26.1. The quantitative estimate of drug-likeness (QED) is 0.609. The fraction of sp³-hybridized carbons (Fsp3) is 0.680. The van der Waals surface area contributed by atoms with Crippen molar-refractivity contribution in [3.8, 4) is 17.2 Å². The van der Waals surface area contributed by atoms with Gasteiger partial charge in [-0.15, -0.1) is 0 Å². The van der Waals surface area contributed by atoms with Crippen LogP contribution >= 0.6 is 0 Å². The molecule has 9 heteroatoms. The second-order valence-electron chi connectivity index (χ2n) is 8.75. The lowest BCUT2D eigenvalue weighted by atomic mass is 10.1. The molecule has 0 N–H and O–H groups in total. The molecule has 1 aromatic rings. The molecule has 0 radical (unpaired) electrons. The van der Waals surface area contributed by atoms with E-state index in [2.05, 4.69) is 9.80 Å². The summed E-state index contributed by atoms with van der Waals surface area (Å²) >= 11 is 0. The van der Waals surface area contributed by atoms with Gasteiger partial charge in [-0.25, -0.2) is 4.79 Å². The lowest BCUT2D eigenvalue weighted by molar-refractivity contribution is -0.147. The Morgan fingerprint density at radius 3 is 2.29 bits per heavy atom. The van der Waals surface area contributed by atoms with Crippen LogP contribution in [-0.2, 0) is 14.3 Å². The molecule has 1 saturated heterocycles. The van der Waals surface area contributed by atoms with Gasteiger partial charge in [-0.05, 0) is 57.3 Å². The van der Waals surface area contributed by atoms with E-state index in [1.54, 1.807) is 12.1 Å². The van der Waals surface area contributed by atoms with Gasteiger partial charge >= 0.3 is 11.9 Å². The molecular weight excluding hydrogens is 440 g/mol. The number of fused-ring (bicyclic) bond motifs is 5. The summed E-state index contributed by atoms with van der Waals surface area (Å²) in [6, 6.07) is 3.24. The summed E-state index contributed by atoms with van der Waals surface area (Å²) in [5.41, 5.74) is 0.355. The highest BCUT2D eigenvalue weighted by atomic mass is 16.5. The van der Waals surface area contributed by atoms with Crippen molar-refractivity contribution in [2.75, 3.05) is 66.7 Å². The van der Waals surface area contributed by atoms with Crippen LogP contribution in [-0.4, -0.2) is 94.5 Å². The first-order chi connectivity index (χ1) is 16.5. The number of cyclic esters (lactones) is 1.